The van der Waals surface area contributed by atoms with Crippen molar-refractivity contribution >= 4 is 46.7 Å². The Bertz CT molecular complexity index is 1080. The van der Waals surface area contributed by atoms with Crippen molar-refractivity contribution in [2.24, 2.45) is 0 Å². The van der Waals surface area contributed by atoms with Crippen LogP contribution in [0.1, 0.15) is 27.6 Å². The number of ether oxygens (including phenoxy) is 2. The van der Waals surface area contributed by atoms with E-state index in [-0.39, 0.29) is 34.2 Å². The minimum atomic E-state index is -0.743. The van der Waals surface area contributed by atoms with E-state index in [1.165, 1.54) is 37.4 Å². The van der Waals surface area contributed by atoms with Crippen LogP contribution in [-0.4, -0.2) is 37.5 Å². The van der Waals surface area contributed by atoms with Gasteiger partial charge in [0.25, 0.3) is 11.8 Å². The van der Waals surface area contributed by atoms with Crippen LogP contribution in [0.25, 0.3) is 0 Å². The maximum Gasteiger partial charge on any atom is 0.338 e. The lowest BCUT2D eigenvalue weighted by Gasteiger charge is -2.16. The third-order valence-corrected chi connectivity index (χ3v) is 4.55. The first-order valence-electron chi connectivity index (χ1n) is 8.88. The molecule has 0 fully saturated rings. The van der Waals surface area contributed by atoms with Crippen molar-refractivity contribution in [2.45, 2.75) is 6.92 Å². The standard InChI is InChI=1S/C21H17ClN2O6/c1-3-30-21(28)12-6-4-8-14(10-12)23-17-16(22)18(25)24(19(17)26)15-9-5-7-13(11-15)20(27)29-2/h4-11,23H,3H2,1-2H3. The van der Waals surface area contributed by atoms with Crippen molar-refractivity contribution in [1.82, 2.24) is 0 Å². The molecule has 2 aromatic carbocycles. The van der Waals surface area contributed by atoms with E-state index in [1.807, 2.05) is 0 Å². The molecule has 0 radical (unpaired) electrons. The zero-order valence-corrected chi connectivity index (χ0v) is 16.9. The molecular formula is C21H17ClN2O6. The molecule has 2 aromatic rings. The second-order valence-electron chi connectivity index (χ2n) is 6.10. The third kappa shape index (κ3) is 4.04. The Labute approximate surface area is 177 Å². The number of hydrogen-bond donors (Lipinski definition) is 1. The Kier molecular flexibility index (Phi) is 6.17. The number of carbonyl (C=O) groups is 4. The highest BCUT2D eigenvalue weighted by molar-refractivity contribution is 6.53. The van der Waals surface area contributed by atoms with Crippen LogP contribution < -0.4 is 10.2 Å². The predicted octanol–water partition coefficient (Wildman–Crippen LogP) is 3.09. The molecule has 0 atom stereocenters. The van der Waals surface area contributed by atoms with Gasteiger partial charge in [-0.25, -0.2) is 14.5 Å². The number of methoxy groups -OCH3 is 1. The average molecular weight is 429 g/mol. The molecule has 154 valence electrons. The number of imide groups is 1. The summed E-state index contributed by atoms with van der Waals surface area (Å²) >= 11 is 6.12. The lowest BCUT2D eigenvalue weighted by atomic mass is 10.2. The van der Waals surface area contributed by atoms with Crippen LogP contribution in [0.2, 0.25) is 0 Å². The highest BCUT2D eigenvalue weighted by Crippen LogP contribution is 2.30. The minimum absolute atomic E-state index is 0.147. The molecular weight excluding hydrogens is 412 g/mol. The summed E-state index contributed by atoms with van der Waals surface area (Å²) in [6.07, 6.45) is 0. The third-order valence-electron chi connectivity index (χ3n) is 4.20. The number of carbonyl (C=O) groups excluding carboxylic acids is 4. The van der Waals surface area contributed by atoms with E-state index < -0.39 is 23.8 Å². The topological polar surface area (TPSA) is 102 Å². The highest BCUT2D eigenvalue weighted by atomic mass is 35.5. The van der Waals surface area contributed by atoms with Gasteiger partial charge in [-0.3, -0.25) is 9.59 Å². The SMILES string of the molecule is CCOC(=O)c1cccc(NC2=C(Cl)C(=O)N(c3cccc(C(=O)OC)c3)C2=O)c1. The Morgan fingerprint density at radius 3 is 2.33 bits per heavy atom. The zero-order valence-electron chi connectivity index (χ0n) is 16.1. The van der Waals surface area contributed by atoms with Crippen molar-refractivity contribution < 1.29 is 28.7 Å². The largest absolute Gasteiger partial charge is 0.465 e. The van der Waals surface area contributed by atoms with Crippen molar-refractivity contribution in [2.75, 3.05) is 23.9 Å². The number of nitrogens with one attached hydrogen (secondary N) is 1. The maximum absolute atomic E-state index is 12.9. The summed E-state index contributed by atoms with van der Waals surface area (Å²) in [4.78, 5) is 50.0. The number of nitrogens with zero attached hydrogens (tertiary/aromatic N) is 1. The van der Waals surface area contributed by atoms with Gasteiger partial charge in [-0.05, 0) is 43.3 Å². The van der Waals surface area contributed by atoms with E-state index in [1.54, 1.807) is 25.1 Å². The quantitative estimate of drug-likeness (QED) is 0.557. The highest BCUT2D eigenvalue weighted by Gasteiger charge is 2.39. The van der Waals surface area contributed by atoms with Gasteiger partial charge in [0.05, 0.1) is 30.5 Å². The number of rotatable bonds is 6. The van der Waals surface area contributed by atoms with Crippen LogP contribution in [0.4, 0.5) is 11.4 Å². The monoisotopic (exact) mass is 428 g/mol. The molecule has 0 aromatic heterocycles. The molecule has 1 N–H and O–H groups in total. The van der Waals surface area contributed by atoms with Gasteiger partial charge in [-0.15, -0.1) is 0 Å². The second kappa shape index (κ2) is 8.79. The molecule has 1 aliphatic rings. The van der Waals surface area contributed by atoms with Crippen LogP contribution in [0.3, 0.4) is 0 Å². The van der Waals surface area contributed by atoms with E-state index >= 15 is 0 Å². The number of benzene rings is 2. The van der Waals surface area contributed by atoms with Crippen molar-refractivity contribution in [3.8, 4) is 0 Å². The Morgan fingerprint density at radius 2 is 1.67 bits per heavy atom. The number of halogens is 1. The van der Waals surface area contributed by atoms with Gasteiger partial charge in [-0.1, -0.05) is 23.7 Å². The Hall–Kier alpha value is -3.65. The van der Waals surface area contributed by atoms with Gasteiger partial charge in [0.1, 0.15) is 10.7 Å². The first kappa shape index (κ1) is 21.1. The summed E-state index contributed by atoms with van der Waals surface area (Å²) in [6, 6.07) is 12.1. The molecule has 0 saturated carbocycles. The lowest BCUT2D eigenvalue weighted by Crippen LogP contribution is -2.32. The molecule has 1 heterocycles. The molecule has 9 heteroatoms. The van der Waals surface area contributed by atoms with E-state index in [9.17, 15) is 19.2 Å². The molecule has 0 spiro atoms. The number of hydrogen-bond acceptors (Lipinski definition) is 7. The second-order valence-corrected chi connectivity index (χ2v) is 6.48. The fraction of sp³-hybridized carbons (Fsp3) is 0.143. The molecule has 0 saturated heterocycles. The molecule has 1 aliphatic heterocycles. The van der Waals surface area contributed by atoms with Gasteiger partial charge in [0.2, 0.25) is 0 Å². The van der Waals surface area contributed by atoms with Gasteiger partial charge >= 0.3 is 11.9 Å². The zero-order chi connectivity index (χ0) is 21.8. The summed E-state index contributed by atoms with van der Waals surface area (Å²) in [6.45, 7) is 1.91. The summed E-state index contributed by atoms with van der Waals surface area (Å²) in [5.74, 6) is -2.57. The van der Waals surface area contributed by atoms with Crippen molar-refractivity contribution in [1.29, 1.82) is 0 Å². The molecule has 0 bridgehead atoms. The number of anilines is 2. The molecule has 0 unspecified atom stereocenters. The predicted molar refractivity (Wildman–Crippen MR) is 109 cm³/mol. The van der Waals surface area contributed by atoms with E-state index in [4.69, 9.17) is 16.3 Å². The van der Waals surface area contributed by atoms with Gasteiger partial charge in [-0.2, -0.15) is 0 Å². The molecule has 0 aliphatic carbocycles. The summed E-state index contributed by atoms with van der Waals surface area (Å²) < 4.78 is 9.62. The van der Waals surface area contributed by atoms with Crippen molar-refractivity contribution in [3.63, 3.8) is 0 Å². The lowest BCUT2D eigenvalue weighted by molar-refractivity contribution is -0.120. The molecule has 2 amide bonds. The van der Waals surface area contributed by atoms with Gasteiger partial charge in [0, 0.05) is 5.69 Å². The first-order valence-corrected chi connectivity index (χ1v) is 9.26. The number of amides is 2. The van der Waals surface area contributed by atoms with Crippen molar-refractivity contribution in [3.05, 3.63) is 70.4 Å². The van der Waals surface area contributed by atoms with Crippen LogP contribution >= 0.6 is 11.6 Å². The fourth-order valence-electron chi connectivity index (χ4n) is 2.82. The maximum atomic E-state index is 12.9. The number of esters is 2. The first-order chi connectivity index (χ1) is 14.4. The minimum Gasteiger partial charge on any atom is -0.465 e. The van der Waals surface area contributed by atoms with Crippen LogP contribution in [0.15, 0.2) is 59.3 Å². The molecule has 30 heavy (non-hydrogen) atoms. The Morgan fingerprint density at radius 1 is 1.00 bits per heavy atom. The van der Waals surface area contributed by atoms with Gasteiger partial charge < -0.3 is 14.8 Å². The smallest absolute Gasteiger partial charge is 0.338 e. The Balaban J connectivity index is 1.88. The normalized spacial score (nSPS) is 13.5. The molecule has 8 nitrogen and oxygen atoms in total. The molecule has 3 rings (SSSR count). The van der Waals surface area contributed by atoms with Crippen LogP contribution in [0.5, 0.6) is 0 Å². The fourth-order valence-corrected chi connectivity index (χ4v) is 3.03. The van der Waals surface area contributed by atoms with Gasteiger partial charge in [0.15, 0.2) is 0 Å². The van der Waals surface area contributed by atoms with Crippen LogP contribution in [0, 0.1) is 0 Å². The van der Waals surface area contributed by atoms with E-state index in [0.717, 1.165) is 4.90 Å². The summed E-state index contributed by atoms with van der Waals surface area (Å²) in [5, 5.41) is 2.48. The average Bonchev–Trinajstić information content (AvgIpc) is 2.96. The van der Waals surface area contributed by atoms with E-state index in [2.05, 4.69) is 10.1 Å². The van der Waals surface area contributed by atoms with E-state index in [0.29, 0.717) is 5.69 Å². The summed E-state index contributed by atoms with van der Waals surface area (Å²) in [7, 11) is 1.23. The summed E-state index contributed by atoms with van der Waals surface area (Å²) in [5.41, 5.74) is 0.850. The van der Waals surface area contributed by atoms with Crippen LogP contribution in [-0.2, 0) is 19.1 Å².